The molecule has 6 nitrogen and oxygen atoms in total. The van der Waals surface area contributed by atoms with Gasteiger partial charge < -0.3 is 10.1 Å². The van der Waals surface area contributed by atoms with Crippen LogP contribution < -0.4 is 5.32 Å². The first-order chi connectivity index (χ1) is 8.74. The summed E-state index contributed by atoms with van der Waals surface area (Å²) in [6, 6.07) is 0.535. The first kappa shape index (κ1) is 15.0. The summed E-state index contributed by atoms with van der Waals surface area (Å²) in [5.41, 5.74) is 0. The molecule has 2 unspecified atom stereocenters. The molecule has 1 heterocycles. The zero-order valence-corrected chi connectivity index (χ0v) is 11.9. The van der Waals surface area contributed by atoms with E-state index < -0.39 is 0 Å². The molecule has 0 amide bonds. The average molecular weight is 255 g/mol. The SMILES string of the molecule is CCCC(CC)n1nnnc1C(C)NCCOC. The van der Waals surface area contributed by atoms with Crippen molar-refractivity contribution in [3.8, 4) is 0 Å². The van der Waals surface area contributed by atoms with E-state index in [1.165, 1.54) is 0 Å². The predicted molar refractivity (Wildman–Crippen MR) is 70.3 cm³/mol. The number of hydrogen-bond acceptors (Lipinski definition) is 5. The molecule has 1 aromatic heterocycles. The lowest BCUT2D eigenvalue weighted by atomic mass is 10.1. The molecular weight excluding hydrogens is 230 g/mol. The van der Waals surface area contributed by atoms with Gasteiger partial charge in [-0.2, -0.15) is 0 Å². The summed E-state index contributed by atoms with van der Waals surface area (Å²) in [6.45, 7) is 7.94. The molecule has 18 heavy (non-hydrogen) atoms. The highest BCUT2D eigenvalue weighted by molar-refractivity contribution is 4.91. The highest BCUT2D eigenvalue weighted by atomic mass is 16.5. The Morgan fingerprint density at radius 1 is 1.39 bits per heavy atom. The van der Waals surface area contributed by atoms with Crippen LogP contribution in [0, 0.1) is 0 Å². The Balaban J connectivity index is 2.67. The van der Waals surface area contributed by atoms with E-state index in [1.54, 1.807) is 7.11 Å². The fourth-order valence-corrected chi connectivity index (χ4v) is 2.05. The minimum atomic E-state index is 0.140. The van der Waals surface area contributed by atoms with Gasteiger partial charge in [0.1, 0.15) is 0 Å². The number of hydrogen-bond donors (Lipinski definition) is 1. The molecule has 1 aromatic rings. The van der Waals surface area contributed by atoms with Crippen molar-refractivity contribution in [2.45, 2.75) is 52.1 Å². The van der Waals surface area contributed by atoms with Gasteiger partial charge in [-0.25, -0.2) is 4.68 Å². The summed E-state index contributed by atoms with van der Waals surface area (Å²) in [5.74, 6) is 0.909. The lowest BCUT2D eigenvalue weighted by Crippen LogP contribution is -2.27. The standard InChI is InChI=1S/C12H25N5O/c1-5-7-11(6-2)17-12(14-15-16-17)10(3)13-8-9-18-4/h10-11,13H,5-9H2,1-4H3. The monoisotopic (exact) mass is 255 g/mol. The van der Waals surface area contributed by atoms with Crippen LogP contribution in [0.3, 0.4) is 0 Å². The average Bonchev–Trinajstić information content (AvgIpc) is 2.85. The van der Waals surface area contributed by atoms with Gasteiger partial charge in [0.25, 0.3) is 0 Å². The van der Waals surface area contributed by atoms with Crippen LogP contribution in [-0.2, 0) is 4.74 Å². The third-order valence-electron chi connectivity index (χ3n) is 3.10. The Morgan fingerprint density at radius 2 is 2.17 bits per heavy atom. The van der Waals surface area contributed by atoms with Crippen LogP contribution in [0.4, 0.5) is 0 Å². The minimum absolute atomic E-state index is 0.140. The molecule has 0 radical (unpaired) electrons. The second-order valence-corrected chi connectivity index (χ2v) is 4.50. The molecular formula is C12H25N5O. The predicted octanol–water partition coefficient (Wildman–Crippen LogP) is 1.72. The highest BCUT2D eigenvalue weighted by Gasteiger charge is 2.19. The van der Waals surface area contributed by atoms with Gasteiger partial charge in [-0.3, -0.25) is 0 Å². The van der Waals surface area contributed by atoms with Crippen molar-refractivity contribution in [3.63, 3.8) is 0 Å². The molecule has 0 saturated carbocycles. The van der Waals surface area contributed by atoms with Crippen LogP contribution in [0.1, 0.15) is 57.9 Å². The zero-order valence-electron chi connectivity index (χ0n) is 11.9. The van der Waals surface area contributed by atoms with Crippen molar-refractivity contribution in [1.82, 2.24) is 25.5 Å². The highest BCUT2D eigenvalue weighted by Crippen LogP contribution is 2.20. The maximum atomic E-state index is 5.03. The molecule has 2 atom stereocenters. The number of nitrogens with zero attached hydrogens (tertiary/aromatic N) is 4. The summed E-state index contributed by atoms with van der Waals surface area (Å²) < 4.78 is 6.99. The lowest BCUT2D eigenvalue weighted by molar-refractivity contribution is 0.195. The molecule has 0 saturated heterocycles. The molecule has 0 bridgehead atoms. The third kappa shape index (κ3) is 4.03. The van der Waals surface area contributed by atoms with E-state index in [-0.39, 0.29) is 6.04 Å². The Hall–Kier alpha value is -1.01. The Bertz CT molecular complexity index is 328. The number of nitrogens with one attached hydrogen (secondary N) is 1. The fourth-order valence-electron chi connectivity index (χ4n) is 2.05. The normalized spacial score (nSPS) is 14.7. The van der Waals surface area contributed by atoms with Crippen molar-refractivity contribution in [2.75, 3.05) is 20.3 Å². The maximum Gasteiger partial charge on any atom is 0.168 e. The van der Waals surface area contributed by atoms with Crippen LogP contribution in [0.2, 0.25) is 0 Å². The van der Waals surface area contributed by atoms with E-state index in [0.29, 0.717) is 12.6 Å². The van der Waals surface area contributed by atoms with E-state index in [9.17, 15) is 0 Å². The smallest absolute Gasteiger partial charge is 0.168 e. The summed E-state index contributed by atoms with van der Waals surface area (Å²) in [6.07, 6.45) is 3.30. The van der Waals surface area contributed by atoms with Gasteiger partial charge in [-0.15, -0.1) is 5.10 Å². The van der Waals surface area contributed by atoms with Crippen LogP contribution in [0.15, 0.2) is 0 Å². The first-order valence-corrected chi connectivity index (χ1v) is 6.74. The molecule has 0 aliphatic carbocycles. The van der Waals surface area contributed by atoms with E-state index in [0.717, 1.165) is 31.6 Å². The van der Waals surface area contributed by atoms with E-state index in [4.69, 9.17) is 4.74 Å². The van der Waals surface area contributed by atoms with Gasteiger partial charge in [0.05, 0.1) is 18.7 Å². The molecule has 1 rings (SSSR count). The lowest BCUT2D eigenvalue weighted by Gasteiger charge is -2.19. The molecule has 0 aromatic carbocycles. The van der Waals surface area contributed by atoms with Crippen LogP contribution in [0.5, 0.6) is 0 Å². The Kier molecular flexibility index (Phi) is 6.82. The third-order valence-corrected chi connectivity index (χ3v) is 3.10. The molecule has 6 heteroatoms. The van der Waals surface area contributed by atoms with Gasteiger partial charge in [0.15, 0.2) is 5.82 Å². The van der Waals surface area contributed by atoms with Crippen molar-refractivity contribution < 1.29 is 4.74 Å². The van der Waals surface area contributed by atoms with Crippen molar-refractivity contribution >= 4 is 0 Å². The first-order valence-electron chi connectivity index (χ1n) is 6.74. The molecule has 0 spiro atoms. The zero-order chi connectivity index (χ0) is 13.4. The largest absolute Gasteiger partial charge is 0.383 e. The molecule has 1 N–H and O–H groups in total. The number of aromatic nitrogens is 4. The van der Waals surface area contributed by atoms with Gasteiger partial charge in [0, 0.05) is 13.7 Å². The second kappa shape index (κ2) is 8.16. The Labute approximate surface area is 109 Å². The van der Waals surface area contributed by atoms with E-state index >= 15 is 0 Å². The summed E-state index contributed by atoms with van der Waals surface area (Å²) in [5, 5.41) is 15.5. The number of rotatable bonds is 9. The molecule has 104 valence electrons. The number of methoxy groups -OCH3 is 1. The second-order valence-electron chi connectivity index (χ2n) is 4.50. The van der Waals surface area contributed by atoms with Crippen LogP contribution >= 0.6 is 0 Å². The fraction of sp³-hybridized carbons (Fsp3) is 0.917. The number of tetrazole rings is 1. The van der Waals surface area contributed by atoms with Gasteiger partial charge in [0.2, 0.25) is 0 Å². The molecule has 0 aliphatic heterocycles. The Morgan fingerprint density at radius 3 is 2.78 bits per heavy atom. The summed E-state index contributed by atoms with van der Waals surface area (Å²) >= 11 is 0. The van der Waals surface area contributed by atoms with Gasteiger partial charge in [-0.05, 0) is 30.2 Å². The number of ether oxygens (including phenoxy) is 1. The topological polar surface area (TPSA) is 64.9 Å². The molecule has 0 aliphatic rings. The van der Waals surface area contributed by atoms with Crippen molar-refractivity contribution in [3.05, 3.63) is 5.82 Å². The quantitative estimate of drug-likeness (QED) is 0.681. The summed E-state index contributed by atoms with van der Waals surface area (Å²) in [7, 11) is 1.70. The van der Waals surface area contributed by atoms with E-state index in [2.05, 4.69) is 41.6 Å². The minimum Gasteiger partial charge on any atom is -0.383 e. The van der Waals surface area contributed by atoms with Crippen molar-refractivity contribution in [2.24, 2.45) is 0 Å². The van der Waals surface area contributed by atoms with Crippen molar-refractivity contribution in [1.29, 1.82) is 0 Å². The van der Waals surface area contributed by atoms with Gasteiger partial charge in [-0.1, -0.05) is 20.3 Å². The summed E-state index contributed by atoms with van der Waals surface area (Å²) in [4.78, 5) is 0. The maximum absolute atomic E-state index is 5.03. The van der Waals surface area contributed by atoms with E-state index in [1.807, 2.05) is 4.68 Å². The van der Waals surface area contributed by atoms with Gasteiger partial charge >= 0.3 is 0 Å². The van der Waals surface area contributed by atoms with Crippen LogP contribution in [-0.4, -0.2) is 40.5 Å². The molecule has 0 fully saturated rings. The van der Waals surface area contributed by atoms with Crippen LogP contribution in [0.25, 0.3) is 0 Å².